The van der Waals surface area contributed by atoms with Gasteiger partial charge in [-0.3, -0.25) is 9.78 Å². The first-order valence-corrected chi connectivity index (χ1v) is 3.11. The molecule has 1 aromatic heterocycles. The number of pyridine rings is 1. The van der Waals surface area contributed by atoms with Gasteiger partial charge in [0, 0.05) is 6.20 Å². The Morgan fingerprint density at radius 1 is 1.46 bits per heavy atom. The van der Waals surface area contributed by atoms with Crippen LogP contribution in [0.4, 0.5) is 0 Å². The van der Waals surface area contributed by atoms with E-state index in [1.807, 2.05) is 0 Å². The molecule has 0 radical (unpaired) electrons. The molecular formula is C7H10Cl2N2O2. The summed E-state index contributed by atoms with van der Waals surface area (Å²) in [6.45, 7) is 0. The predicted molar refractivity (Wildman–Crippen MR) is 53.3 cm³/mol. The van der Waals surface area contributed by atoms with Crippen molar-refractivity contribution in [2.75, 3.05) is 0 Å². The van der Waals surface area contributed by atoms with Crippen molar-refractivity contribution in [1.29, 1.82) is 0 Å². The number of rotatable bonds is 2. The van der Waals surface area contributed by atoms with E-state index >= 15 is 0 Å². The standard InChI is InChI=1S/C7H8N2O2.2ClH/c8-6(7(10)11)5-3-1-2-4-9-5;;/h1-4,6H,8H2,(H,10,11);2*1H. The zero-order chi connectivity index (χ0) is 8.27. The largest absolute Gasteiger partial charge is 0.480 e. The molecule has 1 unspecified atom stereocenters. The van der Waals surface area contributed by atoms with Crippen molar-refractivity contribution >= 4 is 30.8 Å². The van der Waals surface area contributed by atoms with Gasteiger partial charge in [-0.2, -0.15) is 0 Å². The minimum absolute atomic E-state index is 0. The smallest absolute Gasteiger partial charge is 0.326 e. The van der Waals surface area contributed by atoms with Gasteiger partial charge in [0.25, 0.3) is 0 Å². The highest BCUT2D eigenvalue weighted by Gasteiger charge is 2.13. The molecule has 0 aliphatic heterocycles. The number of aromatic nitrogens is 1. The molecule has 1 aromatic rings. The lowest BCUT2D eigenvalue weighted by atomic mass is 10.2. The summed E-state index contributed by atoms with van der Waals surface area (Å²) in [6, 6.07) is 3.97. The molecule has 1 atom stereocenters. The van der Waals surface area contributed by atoms with Crippen LogP contribution in [0.3, 0.4) is 0 Å². The maximum Gasteiger partial charge on any atom is 0.326 e. The highest BCUT2D eigenvalue weighted by atomic mass is 35.5. The van der Waals surface area contributed by atoms with E-state index in [-0.39, 0.29) is 24.8 Å². The molecule has 4 nitrogen and oxygen atoms in total. The maximum absolute atomic E-state index is 10.3. The summed E-state index contributed by atoms with van der Waals surface area (Å²) in [7, 11) is 0. The highest BCUT2D eigenvalue weighted by molar-refractivity contribution is 5.85. The Balaban J connectivity index is 0. The van der Waals surface area contributed by atoms with E-state index in [9.17, 15) is 4.79 Å². The average molecular weight is 225 g/mol. The van der Waals surface area contributed by atoms with Crippen molar-refractivity contribution < 1.29 is 9.90 Å². The Bertz CT molecular complexity index is 256. The van der Waals surface area contributed by atoms with Gasteiger partial charge in [-0.05, 0) is 12.1 Å². The quantitative estimate of drug-likeness (QED) is 0.787. The van der Waals surface area contributed by atoms with Crippen LogP contribution in [0.2, 0.25) is 0 Å². The monoisotopic (exact) mass is 224 g/mol. The van der Waals surface area contributed by atoms with Gasteiger partial charge in [0.05, 0.1) is 5.69 Å². The molecule has 1 rings (SSSR count). The summed E-state index contributed by atoms with van der Waals surface area (Å²) >= 11 is 0. The third kappa shape index (κ3) is 4.07. The van der Waals surface area contributed by atoms with E-state index in [2.05, 4.69) is 4.98 Å². The van der Waals surface area contributed by atoms with Crippen molar-refractivity contribution in [3.63, 3.8) is 0 Å². The Kier molecular flexibility index (Phi) is 7.51. The number of hydrogen-bond donors (Lipinski definition) is 2. The first kappa shape index (κ1) is 14.7. The SMILES string of the molecule is Cl.Cl.NC(C(=O)O)c1ccccn1. The van der Waals surface area contributed by atoms with Crippen LogP contribution in [0.1, 0.15) is 11.7 Å². The van der Waals surface area contributed by atoms with Crippen LogP contribution >= 0.6 is 24.8 Å². The maximum atomic E-state index is 10.3. The molecule has 0 aliphatic carbocycles. The Morgan fingerprint density at radius 3 is 2.46 bits per heavy atom. The van der Waals surface area contributed by atoms with E-state index < -0.39 is 12.0 Å². The van der Waals surface area contributed by atoms with Crippen LogP contribution in [0.5, 0.6) is 0 Å². The van der Waals surface area contributed by atoms with Crippen molar-refractivity contribution in [1.82, 2.24) is 4.98 Å². The molecule has 1 heterocycles. The first-order valence-electron chi connectivity index (χ1n) is 3.11. The average Bonchev–Trinajstić information content (AvgIpc) is 2.05. The molecule has 13 heavy (non-hydrogen) atoms. The van der Waals surface area contributed by atoms with Gasteiger partial charge < -0.3 is 10.8 Å². The number of hydrogen-bond acceptors (Lipinski definition) is 3. The zero-order valence-electron chi connectivity index (χ0n) is 6.58. The van der Waals surface area contributed by atoms with Crippen LogP contribution < -0.4 is 5.73 Å². The van der Waals surface area contributed by atoms with Gasteiger partial charge in [0.1, 0.15) is 6.04 Å². The lowest BCUT2D eigenvalue weighted by molar-refractivity contribution is -0.138. The van der Waals surface area contributed by atoms with Gasteiger partial charge in [-0.15, -0.1) is 24.8 Å². The van der Waals surface area contributed by atoms with Crippen LogP contribution in [0.15, 0.2) is 24.4 Å². The van der Waals surface area contributed by atoms with Crippen molar-refractivity contribution in [3.8, 4) is 0 Å². The van der Waals surface area contributed by atoms with Gasteiger partial charge >= 0.3 is 5.97 Å². The summed E-state index contributed by atoms with van der Waals surface area (Å²) < 4.78 is 0. The number of carbonyl (C=O) groups is 1. The molecule has 6 heteroatoms. The second kappa shape index (κ2) is 6.65. The second-order valence-electron chi connectivity index (χ2n) is 2.07. The van der Waals surface area contributed by atoms with E-state index in [0.29, 0.717) is 5.69 Å². The molecule has 0 spiro atoms. The van der Waals surface area contributed by atoms with Gasteiger partial charge in [0.2, 0.25) is 0 Å². The topological polar surface area (TPSA) is 76.2 Å². The zero-order valence-corrected chi connectivity index (χ0v) is 8.22. The van der Waals surface area contributed by atoms with Crippen LogP contribution in [-0.2, 0) is 4.79 Å². The molecule has 74 valence electrons. The Morgan fingerprint density at radius 2 is 2.08 bits per heavy atom. The summed E-state index contributed by atoms with van der Waals surface area (Å²) in [4.78, 5) is 14.1. The molecule has 0 bridgehead atoms. The Hall–Kier alpha value is -0.840. The molecular weight excluding hydrogens is 215 g/mol. The normalized spacial score (nSPS) is 10.5. The number of nitrogens with zero attached hydrogens (tertiary/aromatic N) is 1. The summed E-state index contributed by atoms with van der Waals surface area (Å²) in [6.07, 6.45) is 1.51. The third-order valence-corrected chi connectivity index (χ3v) is 1.27. The minimum Gasteiger partial charge on any atom is -0.480 e. The molecule has 0 aliphatic rings. The van der Waals surface area contributed by atoms with E-state index in [1.165, 1.54) is 6.20 Å². The van der Waals surface area contributed by atoms with Crippen LogP contribution in [0, 0.1) is 0 Å². The number of carboxylic acids is 1. The highest BCUT2D eigenvalue weighted by Crippen LogP contribution is 2.04. The predicted octanol–water partition coefficient (Wildman–Crippen LogP) is 1.01. The van der Waals surface area contributed by atoms with Gasteiger partial charge in [0.15, 0.2) is 0 Å². The lowest BCUT2D eigenvalue weighted by Gasteiger charge is -2.03. The minimum atomic E-state index is -1.07. The van der Waals surface area contributed by atoms with Crippen LogP contribution in [0.25, 0.3) is 0 Å². The van der Waals surface area contributed by atoms with Gasteiger partial charge in [-0.25, -0.2) is 0 Å². The van der Waals surface area contributed by atoms with E-state index in [0.717, 1.165) is 0 Å². The molecule has 0 saturated carbocycles. The molecule has 0 saturated heterocycles. The molecule has 0 fully saturated rings. The van der Waals surface area contributed by atoms with Crippen molar-refractivity contribution in [2.45, 2.75) is 6.04 Å². The summed E-state index contributed by atoms with van der Waals surface area (Å²) in [5.74, 6) is -1.07. The van der Waals surface area contributed by atoms with E-state index in [1.54, 1.807) is 18.2 Å². The van der Waals surface area contributed by atoms with Crippen molar-refractivity contribution in [2.24, 2.45) is 5.73 Å². The van der Waals surface area contributed by atoms with Crippen molar-refractivity contribution in [3.05, 3.63) is 30.1 Å². The summed E-state index contributed by atoms with van der Waals surface area (Å²) in [5.41, 5.74) is 5.65. The fourth-order valence-corrected chi connectivity index (χ4v) is 0.686. The fraction of sp³-hybridized carbons (Fsp3) is 0.143. The number of aliphatic carboxylic acids is 1. The molecule has 0 aromatic carbocycles. The number of nitrogens with two attached hydrogens (primary N) is 1. The third-order valence-electron chi connectivity index (χ3n) is 1.27. The molecule has 3 N–H and O–H groups in total. The Labute approximate surface area is 88.0 Å². The van der Waals surface area contributed by atoms with E-state index in [4.69, 9.17) is 10.8 Å². The first-order chi connectivity index (χ1) is 5.22. The second-order valence-corrected chi connectivity index (χ2v) is 2.07. The summed E-state index contributed by atoms with van der Waals surface area (Å²) in [5, 5.41) is 8.47. The molecule has 0 amide bonds. The lowest BCUT2D eigenvalue weighted by Crippen LogP contribution is -2.21. The fourth-order valence-electron chi connectivity index (χ4n) is 0.686. The van der Waals surface area contributed by atoms with Gasteiger partial charge in [-0.1, -0.05) is 6.07 Å². The number of halogens is 2. The number of carboxylic acid groups (broad SMARTS) is 1. The van der Waals surface area contributed by atoms with Crippen LogP contribution in [-0.4, -0.2) is 16.1 Å².